The molecular formula is C24H21ClN2O2. The first-order valence-corrected chi connectivity index (χ1v) is 10.2. The van der Waals surface area contributed by atoms with Crippen LogP contribution in [0.1, 0.15) is 52.6 Å². The lowest BCUT2D eigenvalue weighted by Gasteiger charge is -2.34. The van der Waals surface area contributed by atoms with E-state index in [4.69, 9.17) is 16.1 Å². The molecule has 2 atom stereocenters. The molecule has 29 heavy (non-hydrogen) atoms. The quantitative estimate of drug-likeness (QED) is 0.577. The van der Waals surface area contributed by atoms with Gasteiger partial charge in [-0.3, -0.25) is 4.79 Å². The number of anilines is 1. The number of aryl methyl sites for hydroxylation is 2. The van der Waals surface area contributed by atoms with Gasteiger partial charge in [-0.1, -0.05) is 58.7 Å². The first-order valence-electron chi connectivity index (χ1n) is 9.82. The van der Waals surface area contributed by atoms with Crippen LogP contribution in [-0.4, -0.2) is 10.9 Å². The Morgan fingerprint density at radius 1 is 1.00 bits per heavy atom. The summed E-state index contributed by atoms with van der Waals surface area (Å²) in [4.78, 5) is 13.4. The molecule has 0 bridgehead atoms. The van der Waals surface area contributed by atoms with Crippen molar-refractivity contribution < 1.29 is 9.32 Å². The van der Waals surface area contributed by atoms with Crippen LogP contribution in [0.15, 0.2) is 64.3 Å². The third kappa shape index (κ3) is 3.08. The van der Waals surface area contributed by atoms with Crippen molar-refractivity contribution in [3.63, 3.8) is 0 Å². The van der Waals surface area contributed by atoms with E-state index in [0.717, 1.165) is 40.1 Å². The predicted molar refractivity (Wildman–Crippen MR) is 113 cm³/mol. The van der Waals surface area contributed by atoms with Gasteiger partial charge < -0.3 is 9.84 Å². The van der Waals surface area contributed by atoms with Crippen LogP contribution in [0.2, 0.25) is 5.02 Å². The molecule has 2 aromatic carbocycles. The fourth-order valence-electron chi connectivity index (χ4n) is 4.54. The molecule has 1 aromatic heterocycles. The summed E-state index contributed by atoms with van der Waals surface area (Å²) in [5.41, 5.74) is 6.98. The Morgan fingerprint density at radius 2 is 1.69 bits per heavy atom. The van der Waals surface area contributed by atoms with E-state index in [9.17, 15) is 4.79 Å². The van der Waals surface area contributed by atoms with E-state index in [1.165, 1.54) is 5.56 Å². The number of ketones is 1. The molecule has 1 aliphatic carbocycles. The van der Waals surface area contributed by atoms with Gasteiger partial charge in [-0.15, -0.1) is 0 Å². The zero-order valence-corrected chi connectivity index (χ0v) is 17.1. The van der Waals surface area contributed by atoms with Crippen LogP contribution in [0.25, 0.3) is 0 Å². The van der Waals surface area contributed by atoms with Crippen LogP contribution < -0.4 is 5.32 Å². The maximum atomic E-state index is 13.4. The van der Waals surface area contributed by atoms with Crippen molar-refractivity contribution in [1.29, 1.82) is 0 Å². The van der Waals surface area contributed by atoms with E-state index in [0.29, 0.717) is 17.3 Å². The lowest BCUT2D eigenvalue weighted by atomic mass is 9.72. The highest BCUT2D eigenvalue weighted by atomic mass is 35.5. The maximum Gasteiger partial charge on any atom is 0.233 e. The van der Waals surface area contributed by atoms with Gasteiger partial charge in [-0.25, -0.2) is 0 Å². The Morgan fingerprint density at radius 3 is 2.41 bits per heavy atom. The summed E-state index contributed by atoms with van der Waals surface area (Å²) in [6.45, 7) is 4.00. The van der Waals surface area contributed by atoms with Crippen LogP contribution in [0.5, 0.6) is 0 Å². The van der Waals surface area contributed by atoms with Gasteiger partial charge >= 0.3 is 0 Å². The summed E-state index contributed by atoms with van der Waals surface area (Å²) in [6.07, 6.45) is 1.24. The fraction of sp³-hybridized carbons (Fsp3) is 0.250. The molecule has 0 spiro atoms. The van der Waals surface area contributed by atoms with Gasteiger partial charge in [-0.05, 0) is 49.4 Å². The van der Waals surface area contributed by atoms with Crippen molar-refractivity contribution in [2.45, 2.75) is 38.5 Å². The van der Waals surface area contributed by atoms with E-state index in [1.807, 2.05) is 31.2 Å². The number of aromatic nitrogens is 1. The average Bonchev–Trinajstić information content (AvgIpc) is 3.08. The Kier molecular flexibility index (Phi) is 4.32. The summed E-state index contributed by atoms with van der Waals surface area (Å²) in [6, 6.07) is 16.2. The first-order chi connectivity index (χ1) is 14.0. The number of Topliss-reactive ketones (excluding diaryl/α,β-unsaturated/α-hetero) is 1. The molecule has 5 heteroatoms. The summed E-state index contributed by atoms with van der Waals surface area (Å²) < 4.78 is 5.58. The van der Waals surface area contributed by atoms with Gasteiger partial charge in [0.05, 0.1) is 11.3 Å². The molecule has 2 heterocycles. The minimum absolute atomic E-state index is 0.121. The van der Waals surface area contributed by atoms with E-state index >= 15 is 0 Å². The van der Waals surface area contributed by atoms with E-state index in [-0.39, 0.29) is 17.6 Å². The molecule has 1 N–H and O–H groups in total. The number of fused-ring (bicyclic) bond motifs is 1. The van der Waals surface area contributed by atoms with Crippen molar-refractivity contribution in [2.75, 3.05) is 5.32 Å². The Bertz CT molecular complexity index is 1130. The normalized spacial score (nSPS) is 20.9. The highest BCUT2D eigenvalue weighted by molar-refractivity contribution is 6.30. The van der Waals surface area contributed by atoms with E-state index < -0.39 is 0 Å². The van der Waals surface area contributed by atoms with Gasteiger partial charge in [-0.2, -0.15) is 0 Å². The second-order valence-electron chi connectivity index (χ2n) is 7.95. The second-order valence-corrected chi connectivity index (χ2v) is 8.39. The van der Waals surface area contributed by atoms with Crippen LogP contribution in [-0.2, 0) is 4.79 Å². The number of nitrogens with one attached hydrogen (secondary N) is 1. The van der Waals surface area contributed by atoms with Gasteiger partial charge in [0.15, 0.2) is 5.78 Å². The Labute approximate surface area is 174 Å². The van der Waals surface area contributed by atoms with Crippen LogP contribution in [0, 0.1) is 13.8 Å². The minimum Gasteiger partial charge on any atom is -0.338 e. The second kappa shape index (κ2) is 6.89. The molecule has 3 aromatic rings. The van der Waals surface area contributed by atoms with Gasteiger partial charge in [0.25, 0.3) is 0 Å². The summed E-state index contributed by atoms with van der Waals surface area (Å²) >= 11 is 6.04. The molecule has 4 nitrogen and oxygen atoms in total. The molecule has 146 valence electrons. The molecule has 0 amide bonds. The molecular weight excluding hydrogens is 384 g/mol. The number of hydrogen-bond donors (Lipinski definition) is 1. The molecule has 0 unspecified atom stereocenters. The van der Waals surface area contributed by atoms with E-state index in [1.54, 1.807) is 0 Å². The standard InChI is InChI=1S/C24H21ClN2O2/c1-13-3-5-16(6-4-13)22-21-14(2)27-29-24(21)26-19-11-17(12-20(28)23(19)22)15-7-9-18(25)10-8-15/h3-10,17,22,26H,11-12H2,1-2H3/t17-,22+/m0/s1. The summed E-state index contributed by atoms with van der Waals surface area (Å²) in [5, 5.41) is 8.25. The Hall–Kier alpha value is -2.85. The topological polar surface area (TPSA) is 55.1 Å². The molecule has 0 fully saturated rings. The maximum absolute atomic E-state index is 13.4. The highest BCUT2D eigenvalue weighted by Gasteiger charge is 2.41. The Balaban J connectivity index is 1.61. The number of nitrogens with zero attached hydrogens (tertiary/aromatic N) is 1. The van der Waals surface area contributed by atoms with Crippen molar-refractivity contribution in [3.8, 4) is 0 Å². The molecule has 5 rings (SSSR count). The highest BCUT2D eigenvalue weighted by Crippen LogP contribution is 2.49. The third-order valence-corrected chi connectivity index (χ3v) is 6.26. The van der Waals surface area contributed by atoms with Crippen molar-refractivity contribution >= 4 is 23.3 Å². The number of benzene rings is 2. The zero-order chi connectivity index (χ0) is 20.1. The van der Waals surface area contributed by atoms with Crippen molar-refractivity contribution in [1.82, 2.24) is 5.16 Å². The van der Waals surface area contributed by atoms with Gasteiger partial charge in [0.1, 0.15) is 0 Å². The monoisotopic (exact) mass is 404 g/mol. The van der Waals surface area contributed by atoms with Crippen LogP contribution in [0.4, 0.5) is 5.88 Å². The summed E-state index contributed by atoms with van der Waals surface area (Å²) in [5.74, 6) is 0.800. The number of carbonyl (C=O) groups is 1. The van der Waals surface area contributed by atoms with Crippen molar-refractivity contribution in [2.24, 2.45) is 0 Å². The summed E-state index contributed by atoms with van der Waals surface area (Å²) in [7, 11) is 0. The third-order valence-electron chi connectivity index (χ3n) is 6.01. The van der Waals surface area contributed by atoms with Gasteiger partial charge in [0.2, 0.25) is 5.88 Å². The van der Waals surface area contributed by atoms with Crippen molar-refractivity contribution in [3.05, 3.63) is 92.8 Å². The molecule has 0 saturated carbocycles. The van der Waals surface area contributed by atoms with E-state index in [2.05, 4.69) is 41.7 Å². The molecule has 1 aliphatic heterocycles. The molecule has 2 aliphatic rings. The predicted octanol–water partition coefficient (Wildman–Crippen LogP) is 5.90. The number of carbonyl (C=O) groups excluding carboxylic acids is 1. The average molecular weight is 405 g/mol. The van der Waals surface area contributed by atoms with Crippen LogP contribution >= 0.6 is 11.6 Å². The zero-order valence-electron chi connectivity index (χ0n) is 16.3. The lowest BCUT2D eigenvalue weighted by molar-refractivity contribution is -0.116. The van der Waals surface area contributed by atoms with Crippen LogP contribution in [0.3, 0.4) is 0 Å². The number of hydrogen-bond acceptors (Lipinski definition) is 4. The number of allylic oxidation sites excluding steroid dienone is 2. The SMILES string of the molecule is Cc1ccc([C@H]2C3=C(C[C@H](c4ccc(Cl)cc4)CC3=O)Nc3onc(C)c32)cc1. The molecule has 0 saturated heterocycles. The largest absolute Gasteiger partial charge is 0.338 e. The lowest BCUT2D eigenvalue weighted by Crippen LogP contribution is -2.29. The van der Waals surface area contributed by atoms with Gasteiger partial charge in [0, 0.05) is 28.6 Å². The smallest absolute Gasteiger partial charge is 0.233 e. The fourth-order valence-corrected chi connectivity index (χ4v) is 4.66. The number of rotatable bonds is 2. The number of halogens is 1. The first kappa shape index (κ1) is 18.2. The molecule has 0 radical (unpaired) electrons. The minimum atomic E-state index is -0.147.